The fourth-order valence-electron chi connectivity index (χ4n) is 1.30. The lowest BCUT2D eigenvalue weighted by Crippen LogP contribution is -2.36. The zero-order valence-corrected chi connectivity index (χ0v) is 9.98. The summed E-state index contributed by atoms with van der Waals surface area (Å²) in [5.74, 6) is 0. The maximum absolute atomic E-state index is 11.2. The van der Waals surface area contributed by atoms with Crippen LogP contribution in [-0.4, -0.2) is 23.9 Å². The fraction of sp³-hybridized carbons (Fsp3) is 0.111. The quantitative estimate of drug-likeness (QED) is 0.587. The van der Waals surface area contributed by atoms with Crippen molar-refractivity contribution in [2.45, 2.75) is 0 Å². The summed E-state index contributed by atoms with van der Waals surface area (Å²) in [5.41, 5.74) is 4.37. The number of rotatable bonds is 2. The molecule has 1 aliphatic rings. The SMILES string of the molecule is CNC(=O)Nc1cccc(N2C=NN(S)N2)c1. The van der Waals surface area contributed by atoms with E-state index in [1.807, 2.05) is 12.1 Å². The zero-order valence-electron chi connectivity index (χ0n) is 9.08. The van der Waals surface area contributed by atoms with Crippen molar-refractivity contribution in [1.82, 2.24) is 15.4 Å². The molecule has 0 saturated carbocycles. The van der Waals surface area contributed by atoms with Gasteiger partial charge >= 0.3 is 6.03 Å². The van der Waals surface area contributed by atoms with Crippen LogP contribution in [0.3, 0.4) is 0 Å². The summed E-state index contributed by atoms with van der Waals surface area (Å²) in [5, 5.41) is 10.7. The molecule has 2 rings (SSSR count). The number of benzene rings is 1. The molecule has 0 aromatic heterocycles. The normalized spacial score (nSPS) is 14.0. The second kappa shape index (κ2) is 4.93. The molecule has 7 nitrogen and oxygen atoms in total. The van der Waals surface area contributed by atoms with Crippen LogP contribution in [0.5, 0.6) is 0 Å². The van der Waals surface area contributed by atoms with Gasteiger partial charge in [0.1, 0.15) is 6.34 Å². The fourth-order valence-corrected chi connectivity index (χ4v) is 1.44. The molecule has 0 bridgehead atoms. The highest BCUT2D eigenvalue weighted by atomic mass is 32.1. The van der Waals surface area contributed by atoms with Gasteiger partial charge in [-0.2, -0.15) is 4.52 Å². The van der Waals surface area contributed by atoms with Crippen molar-refractivity contribution in [1.29, 1.82) is 0 Å². The van der Waals surface area contributed by atoms with E-state index in [9.17, 15) is 4.79 Å². The molecular formula is C9H12N6OS. The highest BCUT2D eigenvalue weighted by Crippen LogP contribution is 2.19. The number of anilines is 2. The monoisotopic (exact) mass is 252 g/mol. The highest BCUT2D eigenvalue weighted by Gasteiger charge is 2.12. The van der Waals surface area contributed by atoms with Gasteiger partial charge in [0.15, 0.2) is 0 Å². The highest BCUT2D eigenvalue weighted by molar-refractivity contribution is 7.77. The Bertz CT molecular complexity index is 451. The predicted molar refractivity (Wildman–Crippen MR) is 69.5 cm³/mol. The molecule has 0 saturated heterocycles. The number of carbonyl (C=O) groups excluding carboxylic acids is 1. The molecule has 90 valence electrons. The van der Waals surface area contributed by atoms with Gasteiger partial charge in [0, 0.05) is 12.7 Å². The molecule has 0 spiro atoms. The second-order valence-corrected chi connectivity index (χ2v) is 3.62. The van der Waals surface area contributed by atoms with E-state index in [-0.39, 0.29) is 6.03 Å². The van der Waals surface area contributed by atoms with Crippen molar-refractivity contribution < 1.29 is 4.79 Å². The average Bonchev–Trinajstić information content (AvgIpc) is 2.76. The molecule has 3 N–H and O–H groups in total. The van der Waals surface area contributed by atoms with E-state index < -0.39 is 0 Å². The third-order valence-corrected chi connectivity index (χ3v) is 2.28. The van der Waals surface area contributed by atoms with Gasteiger partial charge in [-0.1, -0.05) is 6.07 Å². The lowest BCUT2D eigenvalue weighted by molar-refractivity contribution is 0.254. The largest absolute Gasteiger partial charge is 0.341 e. The Labute approximate surface area is 104 Å². The summed E-state index contributed by atoms with van der Waals surface area (Å²) in [6.45, 7) is 0. The molecule has 0 radical (unpaired) electrons. The van der Waals surface area contributed by atoms with E-state index in [0.717, 1.165) is 5.69 Å². The van der Waals surface area contributed by atoms with Crippen LogP contribution in [0.4, 0.5) is 16.2 Å². The number of nitrogens with zero attached hydrogens (tertiary/aromatic N) is 3. The lowest BCUT2D eigenvalue weighted by Gasteiger charge is -2.16. The third kappa shape index (κ3) is 2.80. The van der Waals surface area contributed by atoms with Crippen LogP contribution < -0.4 is 21.2 Å². The van der Waals surface area contributed by atoms with Gasteiger partial charge in [-0.15, -0.1) is 10.6 Å². The van der Waals surface area contributed by atoms with Crippen LogP contribution in [0.25, 0.3) is 0 Å². The number of thiol groups is 1. The first-order valence-electron chi connectivity index (χ1n) is 4.86. The molecule has 0 aliphatic carbocycles. The number of amides is 2. The van der Waals surface area contributed by atoms with Gasteiger partial charge in [0.25, 0.3) is 0 Å². The lowest BCUT2D eigenvalue weighted by atomic mass is 10.3. The van der Waals surface area contributed by atoms with E-state index in [0.29, 0.717) is 5.69 Å². The Morgan fingerprint density at radius 1 is 1.53 bits per heavy atom. The average molecular weight is 252 g/mol. The van der Waals surface area contributed by atoms with Gasteiger partial charge in [-0.3, -0.25) is 0 Å². The van der Waals surface area contributed by atoms with E-state index >= 15 is 0 Å². The van der Waals surface area contributed by atoms with Crippen molar-refractivity contribution in [3.8, 4) is 0 Å². The van der Waals surface area contributed by atoms with Gasteiger partial charge in [0.2, 0.25) is 0 Å². The van der Waals surface area contributed by atoms with Crippen LogP contribution in [0.1, 0.15) is 0 Å². The smallest absolute Gasteiger partial charge is 0.318 e. The summed E-state index contributed by atoms with van der Waals surface area (Å²) >= 11 is 4.00. The first kappa shape index (κ1) is 11.6. The molecule has 17 heavy (non-hydrogen) atoms. The number of carbonyl (C=O) groups is 1. The maximum atomic E-state index is 11.2. The molecule has 1 aliphatic heterocycles. The molecule has 8 heteroatoms. The Morgan fingerprint density at radius 3 is 3.00 bits per heavy atom. The molecule has 0 fully saturated rings. The van der Waals surface area contributed by atoms with Crippen molar-refractivity contribution in [3.05, 3.63) is 24.3 Å². The topological polar surface area (TPSA) is 72.0 Å². The minimum atomic E-state index is -0.263. The summed E-state index contributed by atoms with van der Waals surface area (Å²) in [4.78, 5) is 11.2. The van der Waals surface area contributed by atoms with E-state index in [1.165, 1.54) is 4.52 Å². The minimum absolute atomic E-state index is 0.263. The van der Waals surface area contributed by atoms with Crippen LogP contribution in [0.2, 0.25) is 0 Å². The molecule has 0 atom stereocenters. The summed E-state index contributed by atoms with van der Waals surface area (Å²) in [6, 6.07) is 7.05. The first-order valence-corrected chi connectivity index (χ1v) is 5.26. The molecule has 1 aromatic rings. The first-order chi connectivity index (χ1) is 8.19. The van der Waals surface area contributed by atoms with Crippen LogP contribution in [0, 0.1) is 0 Å². The molecule has 2 amide bonds. The molecule has 1 aromatic carbocycles. The molecule has 0 unspecified atom stereocenters. The Kier molecular flexibility index (Phi) is 3.35. The van der Waals surface area contributed by atoms with Gasteiger partial charge in [-0.05, 0) is 31.0 Å². The van der Waals surface area contributed by atoms with E-state index in [4.69, 9.17) is 0 Å². The number of hydrazine groups is 2. The number of hydrogen-bond donors (Lipinski definition) is 4. The summed E-state index contributed by atoms with van der Waals surface area (Å²) in [7, 11) is 1.56. The Morgan fingerprint density at radius 2 is 2.35 bits per heavy atom. The summed E-state index contributed by atoms with van der Waals surface area (Å²) < 4.78 is 1.28. The van der Waals surface area contributed by atoms with Gasteiger partial charge in [-0.25, -0.2) is 9.80 Å². The molecular weight excluding hydrogens is 240 g/mol. The number of hydrogen-bond acceptors (Lipinski definition) is 6. The van der Waals surface area contributed by atoms with Gasteiger partial charge in [0.05, 0.1) is 5.69 Å². The third-order valence-electron chi connectivity index (χ3n) is 2.08. The second-order valence-electron chi connectivity index (χ2n) is 3.24. The standard InChI is InChI=1S/C9H12N6OS/c1-10-9(16)12-7-3-2-4-8(5-7)14-6-11-15(17)13-14/h2-6,13,17H,1H3,(H2,10,12,16). The Hall–Kier alpha value is -1.93. The van der Waals surface area contributed by atoms with Crippen LogP contribution in [-0.2, 0) is 0 Å². The molecule has 1 heterocycles. The van der Waals surface area contributed by atoms with Crippen LogP contribution >= 0.6 is 12.8 Å². The van der Waals surface area contributed by atoms with Crippen LogP contribution in [0.15, 0.2) is 29.4 Å². The van der Waals surface area contributed by atoms with Crippen molar-refractivity contribution in [2.75, 3.05) is 17.4 Å². The van der Waals surface area contributed by atoms with Gasteiger partial charge < -0.3 is 10.6 Å². The zero-order chi connectivity index (χ0) is 12.3. The van der Waals surface area contributed by atoms with Crippen molar-refractivity contribution in [3.63, 3.8) is 0 Å². The number of hydrazone groups is 1. The van der Waals surface area contributed by atoms with E-state index in [2.05, 4.69) is 34.1 Å². The van der Waals surface area contributed by atoms with Crippen molar-refractivity contribution >= 4 is 36.6 Å². The maximum Gasteiger partial charge on any atom is 0.318 e. The minimum Gasteiger partial charge on any atom is -0.341 e. The Balaban J connectivity index is 2.12. The number of nitrogens with one attached hydrogen (secondary N) is 3. The van der Waals surface area contributed by atoms with E-state index in [1.54, 1.807) is 30.5 Å². The van der Waals surface area contributed by atoms with Crippen molar-refractivity contribution in [2.24, 2.45) is 5.10 Å². The predicted octanol–water partition coefficient (Wildman–Crippen LogP) is 0.768. The summed E-state index contributed by atoms with van der Waals surface area (Å²) in [6.07, 6.45) is 1.58. The number of urea groups is 1.